The van der Waals surface area contributed by atoms with Gasteiger partial charge in [-0.1, -0.05) is 18.1 Å². The number of aryl methyl sites for hydroxylation is 1. The van der Waals surface area contributed by atoms with Crippen LogP contribution in [0.4, 0.5) is 0 Å². The highest BCUT2D eigenvalue weighted by Gasteiger charge is 2.12. The van der Waals surface area contributed by atoms with Gasteiger partial charge in [0.2, 0.25) is 5.89 Å². The molecular formula is C14H20N4O2. The van der Waals surface area contributed by atoms with Gasteiger partial charge in [0.15, 0.2) is 5.82 Å². The Bertz CT molecular complexity index is 501. The van der Waals surface area contributed by atoms with Crippen LogP contribution in [-0.4, -0.2) is 38.3 Å². The van der Waals surface area contributed by atoms with Gasteiger partial charge in [0, 0.05) is 31.9 Å². The number of aliphatic hydroxyl groups excluding tert-OH is 1. The molecule has 20 heavy (non-hydrogen) atoms. The molecule has 0 saturated carbocycles. The Morgan fingerprint density at radius 2 is 2.25 bits per heavy atom. The molecule has 0 spiro atoms. The van der Waals surface area contributed by atoms with Gasteiger partial charge in [0.05, 0.1) is 13.2 Å². The second-order valence-electron chi connectivity index (χ2n) is 4.65. The first-order valence-corrected chi connectivity index (χ1v) is 6.85. The van der Waals surface area contributed by atoms with Crippen molar-refractivity contribution in [2.45, 2.75) is 32.9 Å². The first-order chi connectivity index (χ1) is 9.81. The smallest absolute Gasteiger partial charge is 0.240 e. The molecule has 108 valence electrons. The van der Waals surface area contributed by atoms with Crippen LogP contribution in [0.15, 0.2) is 29.0 Å². The van der Waals surface area contributed by atoms with E-state index >= 15 is 0 Å². The van der Waals surface area contributed by atoms with Crippen LogP contribution in [0.3, 0.4) is 0 Å². The molecule has 2 rings (SSSR count). The predicted octanol–water partition coefficient (Wildman–Crippen LogP) is 1.41. The summed E-state index contributed by atoms with van der Waals surface area (Å²) in [6, 6.07) is 3.91. The molecule has 2 aromatic heterocycles. The second kappa shape index (κ2) is 7.72. The topological polar surface area (TPSA) is 75.3 Å². The molecule has 1 N–H and O–H groups in total. The number of rotatable bonds is 8. The fourth-order valence-electron chi connectivity index (χ4n) is 1.98. The number of aliphatic hydroxyl groups is 1. The molecule has 0 aliphatic carbocycles. The maximum Gasteiger partial charge on any atom is 0.240 e. The monoisotopic (exact) mass is 276 g/mol. The number of pyridine rings is 1. The van der Waals surface area contributed by atoms with Gasteiger partial charge in [0.25, 0.3) is 0 Å². The summed E-state index contributed by atoms with van der Waals surface area (Å²) < 4.78 is 5.23. The quantitative estimate of drug-likeness (QED) is 0.785. The fourth-order valence-corrected chi connectivity index (χ4v) is 1.98. The van der Waals surface area contributed by atoms with E-state index < -0.39 is 0 Å². The molecule has 0 amide bonds. The lowest BCUT2D eigenvalue weighted by molar-refractivity contribution is 0.167. The molecule has 0 radical (unpaired) electrons. The van der Waals surface area contributed by atoms with Crippen LogP contribution in [0.5, 0.6) is 0 Å². The lowest BCUT2D eigenvalue weighted by Gasteiger charge is -2.18. The van der Waals surface area contributed by atoms with Crippen LogP contribution in [0.1, 0.15) is 30.6 Å². The van der Waals surface area contributed by atoms with E-state index in [-0.39, 0.29) is 6.61 Å². The Morgan fingerprint density at radius 3 is 2.95 bits per heavy atom. The van der Waals surface area contributed by atoms with Crippen molar-refractivity contribution in [1.82, 2.24) is 20.0 Å². The van der Waals surface area contributed by atoms with Crippen molar-refractivity contribution in [3.05, 3.63) is 41.8 Å². The first-order valence-electron chi connectivity index (χ1n) is 6.85. The maximum atomic E-state index is 9.16. The molecular weight excluding hydrogens is 256 g/mol. The van der Waals surface area contributed by atoms with Gasteiger partial charge in [-0.05, 0) is 18.1 Å². The highest BCUT2D eigenvalue weighted by molar-refractivity contribution is 5.08. The Hall–Kier alpha value is -1.79. The van der Waals surface area contributed by atoms with E-state index in [1.807, 2.05) is 18.3 Å². The Balaban J connectivity index is 1.97. The molecule has 6 nitrogen and oxygen atoms in total. The molecule has 6 heteroatoms. The summed E-state index contributed by atoms with van der Waals surface area (Å²) in [6.07, 6.45) is 5.39. The Morgan fingerprint density at radius 1 is 1.35 bits per heavy atom. The number of aromatic nitrogens is 3. The third-order valence-electron chi connectivity index (χ3n) is 2.89. The summed E-state index contributed by atoms with van der Waals surface area (Å²) >= 11 is 0. The highest BCUT2D eigenvalue weighted by Crippen LogP contribution is 2.08. The summed E-state index contributed by atoms with van der Waals surface area (Å²) in [4.78, 5) is 10.5. The average molecular weight is 276 g/mol. The zero-order valence-corrected chi connectivity index (χ0v) is 11.7. The molecule has 0 saturated heterocycles. The largest absolute Gasteiger partial charge is 0.395 e. The standard InChI is InChI=1S/C14H20N4O2/c1-2-4-13-16-14(20-17-13)11-18(7-8-19)10-12-5-3-6-15-9-12/h3,5-6,9,19H,2,4,7-8,10-11H2,1H3. The molecule has 0 aromatic carbocycles. The van der Waals surface area contributed by atoms with Crippen molar-refractivity contribution in [3.8, 4) is 0 Å². The first kappa shape index (κ1) is 14.6. The molecule has 2 heterocycles. The highest BCUT2D eigenvalue weighted by atomic mass is 16.5. The van der Waals surface area contributed by atoms with Gasteiger partial charge < -0.3 is 9.63 Å². The number of hydrogen-bond acceptors (Lipinski definition) is 6. The predicted molar refractivity (Wildman–Crippen MR) is 73.7 cm³/mol. The van der Waals surface area contributed by atoms with Crippen LogP contribution in [0.2, 0.25) is 0 Å². The molecule has 0 aliphatic rings. The minimum atomic E-state index is 0.0935. The van der Waals surface area contributed by atoms with E-state index in [2.05, 4.69) is 26.9 Å². The maximum absolute atomic E-state index is 9.16. The minimum Gasteiger partial charge on any atom is -0.395 e. The van der Waals surface area contributed by atoms with Crippen molar-refractivity contribution in [2.24, 2.45) is 0 Å². The van der Waals surface area contributed by atoms with Gasteiger partial charge >= 0.3 is 0 Å². The van der Waals surface area contributed by atoms with Crippen LogP contribution in [0.25, 0.3) is 0 Å². The van der Waals surface area contributed by atoms with Crippen molar-refractivity contribution in [1.29, 1.82) is 0 Å². The molecule has 0 atom stereocenters. The van der Waals surface area contributed by atoms with E-state index in [1.165, 1.54) is 0 Å². The number of hydrogen-bond donors (Lipinski definition) is 1. The summed E-state index contributed by atoms with van der Waals surface area (Å²) in [5.41, 5.74) is 1.09. The summed E-state index contributed by atoms with van der Waals surface area (Å²) in [5, 5.41) is 13.1. The van der Waals surface area contributed by atoms with Crippen LogP contribution in [-0.2, 0) is 19.5 Å². The van der Waals surface area contributed by atoms with E-state index in [0.29, 0.717) is 25.5 Å². The molecule has 0 unspecified atom stereocenters. The summed E-state index contributed by atoms with van der Waals surface area (Å²) in [7, 11) is 0. The third-order valence-corrected chi connectivity index (χ3v) is 2.89. The Labute approximate surface area is 118 Å². The van der Waals surface area contributed by atoms with Crippen molar-refractivity contribution in [2.75, 3.05) is 13.2 Å². The van der Waals surface area contributed by atoms with E-state index in [9.17, 15) is 0 Å². The lowest BCUT2D eigenvalue weighted by atomic mass is 10.2. The Kier molecular flexibility index (Phi) is 5.64. The van der Waals surface area contributed by atoms with Gasteiger partial charge in [-0.25, -0.2) is 0 Å². The van der Waals surface area contributed by atoms with Crippen molar-refractivity contribution < 1.29 is 9.63 Å². The van der Waals surface area contributed by atoms with Crippen LogP contribution < -0.4 is 0 Å². The minimum absolute atomic E-state index is 0.0935. The van der Waals surface area contributed by atoms with Gasteiger partial charge in [-0.3, -0.25) is 9.88 Å². The van der Waals surface area contributed by atoms with E-state index in [1.54, 1.807) is 6.20 Å². The molecule has 0 bridgehead atoms. The van der Waals surface area contributed by atoms with Crippen LogP contribution >= 0.6 is 0 Å². The summed E-state index contributed by atoms with van der Waals surface area (Å²) in [5.74, 6) is 1.33. The fraction of sp³-hybridized carbons (Fsp3) is 0.500. The van der Waals surface area contributed by atoms with E-state index in [0.717, 1.165) is 24.2 Å². The van der Waals surface area contributed by atoms with Crippen molar-refractivity contribution >= 4 is 0 Å². The van der Waals surface area contributed by atoms with Gasteiger partial charge in [-0.2, -0.15) is 4.98 Å². The van der Waals surface area contributed by atoms with Crippen LogP contribution in [0, 0.1) is 0 Å². The zero-order valence-electron chi connectivity index (χ0n) is 11.7. The third kappa shape index (κ3) is 4.40. The van der Waals surface area contributed by atoms with E-state index in [4.69, 9.17) is 9.63 Å². The van der Waals surface area contributed by atoms with Crippen molar-refractivity contribution in [3.63, 3.8) is 0 Å². The SMILES string of the molecule is CCCc1noc(CN(CCO)Cc2cccnc2)n1. The van der Waals surface area contributed by atoms with Gasteiger partial charge in [0.1, 0.15) is 0 Å². The second-order valence-corrected chi connectivity index (χ2v) is 4.65. The average Bonchev–Trinajstić information content (AvgIpc) is 2.88. The lowest BCUT2D eigenvalue weighted by Crippen LogP contribution is -2.26. The number of nitrogens with zero attached hydrogens (tertiary/aromatic N) is 4. The molecule has 2 aromatic rings. The van der Waals surface area contributed by atoms with Gasteiger partial charge in [-0.15, -0.1) is 0 Å². The molecule has 0 fully saturated rings. The molecule has 0 aliphatic heterocycles. The normalized spacial score (nSPS) is 11.2. The summed E-state index contributed by atoms with van der Waals surface area (Å²) in [6.45, 7) is 3.96. The zero-order chi connectivity index (χ0) is 14.2.